The highest BCUT2D eigenvalue weighted by atomic mass is 16.1. The lowest BCUT2D eigenvalue weighted by atomic mass is 10.0. The van der Waals surface area contributed by atoms with E-state index in [1.807, 2.05) is 36.5 Å². The molecule has 2 aromatic rings. The molecule has 3 heteroatoms. The van der Waals surface area contributed by atoms with Gasteiger partial charge in [0.15, 0.2) is 5.78 Å². The van der Waals surface area contributed by atoms with Crippen LogP contribution in [0.25, 0.3) is 5.69 Å². The minimum absolute atomic E-state index is 0.133. The van der Waals surface area contributed by atoms with Gasteiger partial charge in [-0.25, -0.2) is 4.68 Å². The summed E-state index contributed by atoms with van der Waals surface area (Å²) < 4.78 is 1.75. The summed E-state index contributed by atoms with van der Waals surface area (Å²) in [4.78, 5) is 12.5. The second kappa shape index (κ2) is 5.87. The van der Waals surface area contributed by atoms with E-state index in [-0.39, 0.29) is 5.78 Å². The van der Waals surface area contributed by atoms with Crippen molar-refractivity contribution in [1.82, 2.24) is 9.78 Å². The molecule has 0 saturated carbocycles. The normalized spacial score (nSPS) is 15.5. The monoisotopic (exact) mass is 266 g/mol. The summed E-state index contributed by atoms with van der Waals surface area (Å²) in [6, 6.07) is 9.85. The fraction of sp³-hybridized carbons (Fsp3) is 0.294. The average molecular weight is 266 g/mol. The van der Waals surface area contributed by atoms with Crippen LogP contribution in [0.5, 0.6) is 0 Å². The number of nitrogens with zero attached hydrogens (tertiary/aromatic N) is 2. The number of hydrogen-bond acceptors (Lipinski definition) is 2. The average Bonchev–Trinajstić information content (AvgIpc) is 2.83. The third-order valence-corrected chi connectivity index (χ3v) is 3.70. The van der Waals surface area contributed by atoms with Gasteiger partial charge in [0.05, 0.1) is 17.4 Å². The largest absolute Gasteiger partial charge is 0.289 e. The van der Waals surface area contributed by atoms with Gasteiger partial charge in [0.25, 0.3) is 0 Å². The van der Waals surface area contributed by atoms with Crippen molar-refractivity contribution in [3.63, 3.8) is 0 Å². The summed E-state index contributed by atoms with van der Waals surface area (Å²) >= 11 is 0. The quantitative estimate of drug-likeness (QED) is 0.788. The number of para-hydroxylation sites is 1. The molecule has 1 aliphatic carbocycles. The molecular weight excluding hydrogens is 248 g/mol. The van der Waals surface area contributed by atoms with Gasteiger partial charge in [-0.1, -0.05) is 30.7 Å². The molecule has 1 heterocycles. The Morgan fingerprint density at radius 1 is 1.10 bits per heavy atom. The van der Waals surface area contributed by atoms with Gasteiger partial charge < -0.3 is 0 Å². The molecule has 1 aromatic carbocycles. The number of allylic oxidation sites excluding steroid dienone is 2. The first-order chi connectivity index (χ1) is 9.84. The summed E-state index contributed by atoms with van der Waals surface area (Å²) in [5.74, 6) is 0.133. The molecule has 0 aliphatic heterocycles. The zero-order valence-electron chi connectivity index (χ0n) is 11.5. The van der Waals surface area contributed by atoms with Gasteiger partial charge in [-0.05, 0) is 43.4 Å². The molecule has 0 N–H and O–H groups in total. The zero-order valence-corrected chi connectivity index (χ0v) is 11.5. The van der Waals surface area contributed by atoms with E-state index in [1.165, 1.54) is 12.8 Å². The summed E-state index contributed by atoms with van der Waals surface area (Å²) in [6.07, 6.45) is 11.0. The summed E-state index contributed by atoms with van der Waals surface area (Å²) in [5, 5.41) is 4.29. The van der Waals surface area contributed by atoms with Crippen LogP contribution in [0.1, 0.15) is 42.5 Å². The second-order valence-electron chi connectivity index (χ2n) is 5.17. The van der Waals surface area contributed by atoms with Crippen molar-refractivity contribution in [1.29, 1.82) is 0 Å². The Morgan fingerprint density at radius 2 is 1.95 bits per heavy atom. The Hall–Kier alpha value is -2.16. The van der Waals surface area contributed by atoms with Crippen molar-refractivity contribution in [2.24, 2.45) is 0 Å². The zero-order chi connectivity index (χ0) is 13.8. The number of carbonyl (C=O) groups is 1. The highest BCUT2D eigenvalue weighted by Crippen LogP contribution is 2.21. The lowest BCUT2D eigenvalue weighted by Crippen LogP contribution is -2.02. The van der Waals surface area contributed by atoms with E-state index >= 15 is 0 Å². The fourth-order valence-corrected chi connectivity index (χ4v) is 2.57. The number of Topliss-reactive ketones (excluding diaryl/α,β-unsaturated/α-hetero) is 1. The van der Waals surface area contributed by atoms with E-state index in [0.29, 0.717) is 5.56 Å². The van der Waals surface area contributed by atoms with Gasteiger partial charge in [-0.15, -0.1) is 0 Å². The molecule has 0 radical (unpaired) electrons. The van der Waals surface area contributed by atoms with Crippen LogP contribution >= 0.6 is 0 Å². The van der Waals surface area contributed by atoms with Crippen LogP contribution in [-0.2, 0) is 0 Å². The van der Waals surface area contributed by atoms with Crippen LogP contribution < -0.4 is 0 Å². The number of benzene rings is 1. The van der Waals surface area contributed by atoms with E-state index in [2.05, 4.69) is 11.2 Å². The van der Waals surface area contributed by atoms with Crippen LogP contribution in [-0.4, -0.2) is 15.6 Å². The van der Waals surface area contributed by atoms with Crippen LogP contribution in [0.3, 0.4) is 0 Å². The van der Waals surface area contributed by atoms with Gasteiger partial charge >= 0.3 is 0 Å². The smallest absolute Gasteiger partial charge is 0.191 e. The second-order valence-corrected chi connectivity index (χ2v) is 5.17. The van der Waals surface area contributed by atoms with Gasteiger partial charge in [0, 0.05) is 6.20 Å². The van der Waals surface area contributed by atoms with Gasteiger partial charge in [-0.3, -0.25) is 4.79 Å². The minimum Gasteiger partial charge on any atom is -0.289 e. The molecule has 3 nitrogen and oxygen atoms in total. The lowest BCUT2D eigenvalue weighted by Gasteiger charge is -2.02. The van der Waals surface area contributed by atoms with Crippen molar-refractivity contribution in [3.05, 3.63) is 59.9 Å². The summed E-state index contributed by atoms with van der Waals surface area (Å²) in [5.41, 5.74) is 2.61. The molecule has 0 spiro atoms. The lowest BCUT2D eigenvalue weighted by molar-refractivity contribution is 0.103. The van der Waals surface area contributed by atoms with E-state index in [0.717, 1.165) is 30.5 Å². The van der Waals surface area contributed by atoms with Gasteiger partial charge in [0.1, 0.15) is 0 Å². The molecule has 0 saturated heterocycles. The maximum atomic E-state index is 12.5. The third kappa shape index (κ3) is 2.72. The summed E-state index contributed by atoms with van der Waals surface area (Å²) in [7, 11) is 0. The number of hydrogen-bond donors (Lipinski definition) is 0. The number of aromatic nitrogens is 2. The number of rotatable bonds is 3. The first kappa shape index (κ1) is 12.9. The van der Waals surface area contributed by atoms with E-state index < -0.39 is 0 Å². The molecule has 0 amide bonds. The van der Waals surface area contributed by atoms with Crippen molar-refractivity contribution in [2.75, 3.05) is 0 Å². The molecule has 3 rings (SSSR count). The van der Waals surface area contributed by atoms with Crippen LogP contribution in [0.15, 0.2) is 54.4 Å². The molecule has 0 fully saturated rings. The molecule has 0 bridgehead atoms. The standard InChI is InChI=1S/C17H18N2O/c20-17(14-8-4-1-2-5-9-14)15-12-18-19(13-15)16-10-6-3-7-11-16/h3,6-8,10-13H,1-2,4-5,9H2. The van der Waals surface area contributed by atoms with Gasteiger partial charge in [-0.2, -0.15) is 5.10 Å². The maximum absolute atomic E-state index is 12.5. The first-order valence-corrected chi connectivity index (χ1v) is 7.18. The predicted octanol–water partition coefficient (Wildman–Crippen LogP) is 3.95. The molecular formula is C17H18N2O. The summed E-state index contributed by atoms with van der Waals surface area (Å²) in [6.45, 7) is 0. The molecule has 0 unspecified atom stereocenters. The molecule has 20 heavy (non-hydrogen) atoms. The molecule has 1 aromatic heterocycles. The predicted molar refractivity (Wildman–Crippen MR) is 79.1 cm³/mol. The third-order valence-electron chi connectivity index (χ3n) is 3.70. The highest BCUT2D eigenvalue weighted by molar-refractivity contribution is 6.08. The van der Waals surface area contributed by atoms with Crippen molar-refractivity contribution < 1.29 is 4.79 Å². The minimum atomic E-state index is 0.133. The fourth-order valence-electron chi connectivity index (χ4n) is 2.57. The van der Waals surface area contributed by atoms with Crippen molar-refractivity contribution in [2.45, 2.75) is 32.1 Å². The Balaban J connectivity index is 1.83. The Morgan fingerprint density at radius 3 is 2.80 bits per heavy atom. The Bertz CT molecular complexity index is 625. The topological polar surface area (TPSA) is 34.9 Å². The van der Waals surface area contributed by atoms with E-state index in [1.54, 1.807) is 10.9 Å². The van der Waals surface area contributed by atoms with Gasteiger partial charge in [0.2, 0.25) is 0 Å². The first-order valence-electron chi connectivity index (χ1n) is 7.18. The number of carbonyl (C=O) groups excluding carboxylic acids is 1. The van der Waals surface area contributed by atoms with Crippen LogP contribution in [0.2, 0.25) is 0 Å². The Kier molecular flexibility index (Phi) is 3.77. The van der Waals surface area contributed by atoms with Crippen molar-refractivity contribution in [3.8, 4) is 5.69 Å². The maximum Gasteiger partial charge on any atom is 0.191 e. The highest BCUT2D eigenvalue weighted by Gasteiger charge is 2.15. The van der Waals surface area contributed by atoms with Crippen molar-refractivity contribution >= 4 is 5.78 Å². The molecule has 0 atom stereocenters. The molecule has 1 aliphatic rings. The SMILES string of the molecule is O=C(C1=CCCCCC1)c1cnn(-c2ccccc2)c1. The van der Waals surface area contributed by atoms with E-state index in [4.69, 9.17) is 0 Å². The van der Waals surface area contributed by atoms with Crippen LogP contribution in [0, 0.1) is 0 Å². The molecule has 102 valence electrons. The Labute approximate surface area is 118 Å². The number of ketones is 1. The van der Waals surface area contributed by atoms with Crippen LogP contribution in [0.4, 0.5) is 0 Å². The van der Waals surface area contributed by atoms with E-state index in [9.17, 15) is 4.79 Å².